The predicted molar refractivity (Wildman–Crippen MR) is 49.0 cm³/mol. The first-order valence-corrected chi connectivity index (χ1v) is 4.50. The Morgan fingerprint density at radius 1 is 1.58 bits per heavy atom. The van der Waals surface area contributed by atoms with Gasteiger partial charge in [0.2, 0.25) is 0 Å². The number of carbonyl (C=O) groups excluding carboxylic acids is 1. The van der Waals surface area contributed by atoms with Crippen LogP contribution in [-0.4, -0.2) is 25.7 Å². The first-order chi connectivity index (χ1) is 5.66. The van der Waals surface area contributed by atoms with Crippen molar-refractivity contribution in [1.82, 2.24) is 5.32 Å². The van der Waals surface area contributed by atoms with Gasteiger partial charge in [-0.1, -0.05) is 13.8 Å². The zero-order valence-corrected chi connectivity index (χ0v) is 8.22. The van der Waals surface area contributed by atoms with Gasteiger partial charge in [-0.25, -0.2) is 0 Å². The predicted octanol–water partition coefficient (Wildman–Crippen LogP) is 1.19. The zero-order chi connectivity index (χ0) is 9.40. The van der Waals surface area contributed by atoms with Gasteiger partial charge in [-0.3, -0.25) is 4.79 Å². The molecule has 0 aliphatic heterocycles. The van der Waals surface area contributed by atoms with Gasteiger partial charge >= 0.3 is 5.97 Å². The average molecular weight is 173 g/mol. The van der Waals surface area contributed by atoms with E-state index < -0.39 is 0 Å². The molecule has 12 heavy (non-hydrogen) atoms. The zero-order valence-electron chi connectivity index (χ0n) is 8.22. The van der Waals surface area contributed by atoms with Crippen molar-refractivity contribution in [2.45, 2.75) is 27.2 Å². The van der Waals surface area contributed by atoms with Gasteiger partial charge in [0.25, 0.3) is 0 Å². The monoisotopic (exact) mass is 173 g/mol. The van der Waals surface area contributed by atoms with Crippen LogP contribution in [0.3, 0.4) is 0 Å². The van der Waals surface area contributed by atoms with Crippen molar-refractivity contribution in [3.63, 3.8) is 0 Å². The molecule has 0 aromatic rings. The molecule has 72 valence electrons. The van der Waals surface area contributed by atoms with Crippen LogP contribution in [0.1, 0.15) is 27.2 Å². The third-order valence-corrected chi connectivity index (χ3v) is 1.64. The Balaban J connectivity index is 3.21. The minimum atomic E-state index is -0.190. The van der Waals surface area contributed by atoms with Crippen molar-refractivity contribution < 1.29 is 9.53 Å². The maximum absolute atomic E-state index is 10.4. The van der Waals surface area contributed by atoms with Crippen LogP contribution in [0.25, 0.3) is 0 Å². The lowest BCUT2D eigenvalue weighted by Crippen LogP contribution is -2.19. The van der Waals surface area contributed by atoms with E-state index in [9.17, 15) is 4.79 Å². The van der Waals surface area contributed by atoms with E-state index in [-0.39, 0.29) is 5.97 Å². The SMILES string of the molecule is CCNCCC(C)COC(C)=O. The number of esters is 1. The lowest BCUT2D eigenvalue weighted by Gasteiger charge is -2.10. The quantitative estimate of drug-likeness (QED) is 0.484. The van der Waals surface area contributed by atoms with Gasteiger partial charge in [0.15, 0.2) is 0 Å². The fourth-order valence-electron chi connectivity index (χ4n) is 0.868. The van der Waals surface area contributed by atoms with E-state index >= 15 is 0 Å². The van der Waals surface area contributed by atoms with Crippen LogP contribution in [-0.2, 0) is 9.53 Å². The molecular formula is C9H19NO2. The van der Waals surface area contributed by atoms with E-state index in [0.717, 1.165) is 19.5 Å². The van der Waals surface area contributed by atoms with Crippen LogP contribution in [0.5, 0.6) is 0 Å². The third-order valence-electron chi connectivity index (χ3n) is 1.64. The summed E-state index contributed by atoms with van der Waals surface area (Å²) in [5.74, 6) is 0.262. The Morgan fingerprint density at radius 2 is 2.25 bits per heavy atom. The summed E-state index contributed by atoms with van der Waals surface area (Å²) in [6, 6.07) is 0. The molecule has 3 heteroatoms. The molecule has 1 atom stereocenters. The highest BCUT2D eigenvalue weighted by molar-refractivity contribution is 5.65. The molecule has 0 amide bonds. The number of carbonyl (C=O) groups is 1. The lowest BCUT2D eigenvalue weighted by atomic mass is 10.1. The summed E-state index contributed by atoms with van der Waals surface area (Å²) in [7, 11) is 0. The van der Waals surface area contributed by atoms with Gasteiger partial charge in [0.1, 0.15) is 0 Å². The van der Waals surface area contributed by atoms with Crippen molar-refractivity contribution in [3.8, 4) is 0 Å². The summed E-state index contributed by atoms with van der Waals surface area (Å²) >= 11 is 0. The second-order valence-electron chi connectivity index (χ2n) is 3.05. The molecule has 0 aliphatic rings. The van der Waals surface area contributed by atoms with E-state index in [2.05, 4.69) is 19.2 Å². The molecule has 0 saturated carbocycles. The molecule has 0 rings (SSSR count). The number of rotatable bonds is 6. The van der Waals surface area contributed by atoms with Gasteiger partial charge in [-0.05, 0) is 25.4 Å². The fourth-order valence-corrected chi connectivity index (χ4v) is 0.868. The molecule has 0 heterocycles. The highest BCUT2D eigenvalue weighted by atomic mass is 16.5. The molecule has 0 bridgehead atoms. The minimum absolute atomic E-state index is 0.190. The average Bonchev–Trinajstić information content (AvgIpc) is 2.01. The van der Waals surface area contributed by atoms with Crippen molar-refractivity contribution in [2.24, 2.45) is 5.92 Å². The summed E-state index contributed by atoms with van der Waals surface area (Å²) in [6.45, 7) is 8.15. The number of ether oxygens (including phenoxy) is 1. The first kappa shape index (κ1) is 11.4. The minimum Gasteiger partial charge on any atom is -0.466 e. The molecular weight excluding hydrogens is 154 g/mol. The first-order valence-electron chi connectivity index (χ1n) is 4.50. The molecule has 0 saturated heterocycles. The Bertz CT molecular complexity index is 126. The molecule has 0 aliphatic carbocycles. The van der Waals surface area contributed by atoms with E-state index in [1.807, 2.05) is 0 Å². The lowest BCUT2D eigenvalue weighted by molar-refractivity contribution is -0.142. The summed E-state index contributed by atoms with van der Waals surface area (Å²) in [4.78, 5) is 10.4. The standard InChI is InChI=1S/C9H19NO2/c1-4-10-6-5-8(2)7-12-9(3)11/h8,10H,4-7H2,1-3H3. The van der Waals surface area contributed by atoms with Gasteiger partial charge in [0, 0.05) is 6.92 Å². The smallest absolute Gasteiger partial charge is 0.302 e. The number of hydrogen-bond donors (Lipinski definition) is 1. The number of hydrogen-bond acceptors (Lipinski definition) is 3. The summed E-state index contributed by atoms with van der Waals surface area (Å²) in [5, 5.41) is 3.23. The second-order valence-corrected chi connectivity index (χ2v) is 3.05. The molecule has 0 spiro atoms. The van der Waals surface area contributed by atoms with E-state index in [0.29, 0.717) is 12.5 Å². The maximum atomic E-state index is 10.4. The molecule has 0 radical (unpaired) electrons. The molecule has 0 aromatic carbocycles. The summed E-state index contributed by atoms with van der Waals surface area (Å²) in [6.07, 6.45) is 1.06. The van der Waals surface area contributed by atoms with Crippen molar-refractivity contribution in [2.75, 3.05) is 19.7 Å². The van der Waals surface area contributed by atoms with Gasteiger partial charge < -0.3 is 10.1 Å². The van der Waals surface area contributed by atoms with Crippen LogP contribution >= 0.6 is 0 Å². The maximum Gasteiger partial charge on any atom is 0.302 e. The van der Waals surface area contributed by atoms with Crippen LogP contribution in [0.2, 0.25) is 0 Å². The Hall–Kier alpha value is -0.570. The Kier molecular flexibility index (Phi) is 6.76. The summed E-state index contributed by atoms with van der Waals surface area (Å²) < 4.78 is 4.87. The highest BCUT2D eigenvalue weighted by Gasteiger charge is 2.02. The van der Waals surface area contributed by atoms with Crippen molar-refractivity contribution in [1.29, 1.82) is 0 Å². The Labute approximate surface area is 74.5 Å². The van der Waals surface area contributed by atoms with Crippen LogP contribution in [0.15, 0.2) is 0 Å². The highest BCUT2D eigenvalue weighted by Crippen LogP contribution is 2.00. The number of nitrogens with one attached hydrogen (secondary N) is 1. The third kappa shape index (κ3) is 7.54. The van der Waals surface area contributed by atoms with Crippen LogP contribution in [0.4, 0.5) is 0 Å². The van der Waals surface area contributed by atoms with E-state index in [1.165, 1.54) is 6.92 Å². The molecule has 0 fully saturated rings. The van der Waals surface area contributed by atoms with Gasteiger partial charge in [-0.2, -0.15) is 0 Å². The van der Waals surface area contributed by atoms with Gasteiger partial charge in [-0.15, -0.1) is 0 Å². The second kappa shape index (κ2) is 7.10. The molecule has 1 unspecified atom stereocenters. The topological polar surface area (TPSA) is 38.3 Å². The largest absolute Gasteiger partial charge is 0.466 e. The van der Waals surface area contributed by atoms with Crippen LogP contribution < -0.4 is 5.32 Å². The van der Waals surface area contributed by atoms with E-state index in [1.54, 1.807) is 0 Å². The Morgan fingerprint density at radius 3 is 2.75 bits per heavy atom. The summed E-state index contributed by atoms with van der Waals surface area (Å²) in [5.41, 5.74) is 0. The molecule has 1 N–H and O–H groups in total. The molecule has 0 aromatic heterocycles. The van der Waals surface area contributed by atoms with Crippen LogP contribution in [0, 0.1) is 5.92 Å². The van der Waals surface area contributed by atoms with Crippen molar-refractivity contribution >= 4 is 5.97 Å². The normalized spacial score (nSPS) is 12.6. The van der Waals surface area contributed by atoms with Crippen molar-refractivity contribution in [3.05, 3.63) is 0 Å². The van der Waals surface area contributed by atoms with Gasteiger partial charge in [0.05, 0.1) is 6.61 Å². The molecule has 3 nitrogen and oxygen atoms in total. The van der Waals surface area contributed by atoms with E-state index in [4.69, 9.17) is 4.74 Å². The fraction of sp³-hybridized carbons (Fsp3) is 0.889.